The molecule has 0 N–H and O–H groups in total. The Bertz CT molecular complexity index is 496. The maximum atomic E-state index is 12.2. The van der Waals surface area contributed by atoms with Crippen LogP contribution in [0.1, 0.15) is 38.9 Å². The minimum atomic E-state index is -0.306. The van der Waals surface area contributed by atoms with Crippen molar-refractivity contribution in [3.8, 4) is 0 Å². The molecule has 0 saturated carbocycles. The monoisotopic (exact) mass is 348 g/mol. The summed E-state index contributed by atoms with van der Waals surface area (Å²) in [5.74, 6) is -0.215. The van der Waals surface area contributed by atoms with E-state index in [0.717, 1.165) is 28.2 Å². The molecule has 1 aliphatic rings. The number of thioether (sulfide) groups is 1. The molecular weight excluding hydrogens is 336 g/mol. The molecular formula is C12H13BrO3S2. The Morgan fingerprint density at radius 3 is 2.94 bits per heavy atom. The van der Waals surface area contributed by atoms with Gasteiger partial charge in [0, 0.05) is 5.56 Å². The maximum Gasteiger partial charge on any atom is 0.348 e. The zero-order chi connectivity index (χ0) is 13.3. The molecule has 0 amide bonds. The summed E-state index contributed by atoms with van der Waals surface area (Å²) in [5, 5.41) is 0. The lowest BCUT2D eigenvalue weighted by atomic mass is 9.92. The van der Waals surface area contributed by atoms with Gasteiger partial charge in [-0.25, -0.2) is 4.79 Å². The summed E-state index contributed by atoms with van der Waals surface area (Å²) in [6, 6.07) is 0. The molecule has 1 atom stereocenters. The summed E-state index contributed by atoms with van der Waals surface area (Å²) in [4.78, 5) is 24.6. The average molecular weight is 349 g/mol. The molecule has 6 heteroatoms. The molecule has 2 rings (SSSR count). The van der Waals surface area contributed by atoms with Crippen LogP contribution in [0.25, 0.3) is 0 Å². The number of ether oxygens (including phenoxy) is 1. The minimum Gasteiger partial charge on any atom is -0.462 e. The van der Waals surface area contributed by atoms with Crippen molar-refractivity contribution in [1.82, 2.24) is 0 Å². The first-order valence-corrected chi connectivity index (χ1v) is 8.60. The van der Waals surface area contributed by atoms with Crippen LogP contribution in [0, 0.1) is 0 Å². The minimum absolute atomic E-state index is 0.0902. The van der Waals surface area contributed by atoms with Gasteiger partial charge in [0.2, 0.25) is 0 Å². The number of carbonyl (C=O) groups excluding carboxylic acids is 2. The van der Waals surface area contributed by atoms with E-state index in [9.17, 15) is 9.59 Å². The third kappa shape index (κ3) is 2.38. The highest BCUT2D eigenvalue weighted by Gasteiger charge is 2.34. The molecule has 0 spiro atoms. The van der Waals surface area contributed by atoms with Crippen LogP contribution in [-0.4, -0.2) is 29.4 Å². The van der Waals surface area contributed by atoms with Crippen LogP contribution in [0.5, 0.6) is 0 Å². The Hall–Kier alpha value is -0.330. The summed E-state index contributed by atoms with van der Waals surface area (Å²) >= 11 is 6.28. The number of carbonyl (C=O) groups is 2. The van der Waals surface area contributed by atoms with E-state index >= 15 is 0 Å². The first kappa shape index (κ1) is 14.1. The van der Waals surface area contributed by atoms with Gasteiger partial charge in [0.15, 0.2) is 5.78 Å². The predicted molar refractivity (Wildman–Crippen MR) is 77.4 cm³/mol. The van der Waals surface area contributed by atoms with Crippen LogP contribution in [-0.2, 0) is 11.2 Å². The Morgan fingerprint density at radius 2 is 2.33 bits per heavy atom. The van der Waals surface area contributed by atoms with E-state index in [1.165, 1.54) is 23.1 Å². The first-order valence-electron chi connectivity index (χ1n) is 5.65. The smallest absolute Gasteiger partial charge is 0.348 e. The van der Waals surface area contributed by atoms with Gasteiger partial charge in [-0.1, -0.05) is 15.9 Å². The lowest BCUT2D eigenvalue weighted by Gasteiger charge is -2.17. The number of alkyl halides is 1. The van der Waals surface area contributed by atoms with Crippen molar-refractivity contribution in [3.63, 3.8) is 0 Å². The van der Waals surface area contributed by atoms with Gasteiger partial charge in [0.05, 0.1) is 15.6 Å². The van der Waals surface area contributed by atoms with Gasteiger partial charge in [0.1, 0.15) is 4.88 Å². The Morgan fingerprint density at radius 1 is 1.61 bits per heavy atom. The van der Waals surface area contributed by atoms with Crippen LogP contribution < -0.4 is 0 Å². The molecule has 0 fully saturated rings. The highest BCUT2D eigenvalue weighted by molar-refractivity contribution is 9.10. The molecule has 1 aromatic heterocycles. The molecule has 1 unspecified atom stereocenters. The zero-order valence-electron chi connectivity index (χ0n) is 10.1. The number of Topliss-reactive ketones (excluding diaryl/α,β-unsaturated/α-hetero) is 1. The molecule has 18 heavy (non-hydrogen) atoms. The molecule has 0 saturated heterocycles. The molecule has 0 aromatic carbocycles. The van der Waals surface area contributed by atoms with Crippen LogP contribution >= 0.6 is 39.0 Å². The van der Waals surface area contributed by atoms with Gasteiger partial charge in [-0.15, -0.1) is 23.1 Å². The second-order valence-corrected chi connectivity index (χ2v) is 7.07. The van der Waals surface area contributed by atoms with Crippen molar-refractivity contribution in [3.05, 3.63) is 16.0 Å². The van der Waals surface area contributed by atoms with Crippen molar-refractivity contribution in [2.24, 2.45) is 0 Å². The second kappa shape index (κ2) is 5.75. The lowest BCUT2D eigenvalue weighted by molar-refractivity contribution is 0.0531. The van der Waals surface area contributed by atoms with Crippen molar-refractivity contribution in [2.75, 3.05) is 12.9 Å². The largest absolute Gasteiger partial charge is 0.462 e. The number of hydrogen-bond acceptors (Lipinski definition) is 5. The van der Waals surface area contributed by atoms with Crippen molar-refractivity contribution in [1.29, 1.82) is 0 Å². The van der Waals surface area contributed by atoms with Gasteiger partial charge in [-0.2, -0.15) is 0 Å². The predicted octanol–water partition coefficient (Wildman–Crippen LogP) is 3.54. The fourth-order valence-corrected chi connectivity index (χ4v) is 4.44. The Kier molecular flexibility index (Phi) is 4.50. The van der Waals surface area contributed by atoms with Crippen LogP contribution in [0.3, 0.4) is 0 Å². The number of fused-ring (bicyclic) bond motifs is 1. The number of halogens is 1. The molecule has 1 heterocycles. The van der Waals surface area contributed by atoms with Gasteiger partial charge < -0.3 is 4.74 Å². The molecule has 3 nitrogen and oxygen atoms in total. The topological polar surface area (TPSA) is 43.4 Å². The van der Waals surface area contributed by atoms with Gasteiger partial charge in [-0.05, 0) is 31.6 Å². The summed E-state index contributed by atoms with van der Waals surface area (Å²) in [5.41, 5.74) is 1.60. The van der Waals surface area contributed by atoms with E-state index in [2.05, 4.69) is 15.9 Å². The average Bonchev–Trinajstić information content (AvgIpc) is 2.73. The summed E-state index contributed by atoms with van der Waals surface area (Å²) in [6.07, 6.45) is 3.41. The van der Waals surface area contributed by atoms with E-state index in [-0.39, 0.29) is 16.6 Å². The van der Waals surface area contributed by atoms with E-state index in [0.29, 0.717) is 11.5 Å². The molecule has 0 bridgehead atoms. The standard InChI is InChI=1S/C12H13BrO3S2/c1-3-16-11(15)10-6-4-5-7(13)9(14)8(6)12(17-2)18-10/h7H,3-5H2,1-2H3. The fraction of sp³-hybridized carbons (Fsp3) is 0.500. The quantitative estimate of drug-likeness (QED) is 0.476. The van der Waals surface area contributed by atoms with E-state index in [1.807, 2.05) is 6.26 Å². The number of esters is 1. The summed E-state index contributed by atoms with van der Waals surface area (Å²) in [6.45, 7) is 2.14. The lowest BCUT2D eigenvalue weighted by Crippen LogP contribution is -2.23. The molecule has 98 valence electrons. The summed E-state index contributed by atoms with van der Waals surface area (Å²) < 4.78 is 5.97. The van der Waals surface area contributed by atoms with Gasteiger partial charge in [-0.3, -0.25) is 4.79 Å². The van der Waals surface area contributed by atoms with Crippen molar-refractivity contribution < 1.29 is 14.3 Å². The van der Waals surface area contributed by atoms with Crippen molar-refractivity contribution >= 4 is 50.8 Å². The highest BCUT2D eigenvalue weighted by atomic mass is 79.9. The number of ketones is 1. The molecule has 0 radical (unpaired) electrons. The SMILES string of the molecule is CCOC(=O)c1sc(SC)c2c1CCC(Br)C2=O. The zero-order valence-corrected chi connectivity index (χ0v) is 13.3. The third-order valence-electron chi connectivity index (χ3n) is 2.80. The molecule has 0 aliphatic heterocycles. The van der Waals surface area contributed by atoms with Crippen LogP contribution in [0.4, 0.5) is 0 Å². The molecule has 1 aromatic rings. The van der Waals surface area contributed by atoms with Crippen LogP contribution in [0.2, 0.25) is 0 Å². The highest BCUT2D eigenvalue weighted by Crippen LogP contribution is 2.41. The van der Waals surface area contributed by atoms with E-state index < -0.39 is 0 Å². The van der Waals surface area contributed by atoms with Gasteiger partial charge >= 0.3 is 5.97 Å². The maximum absolute atomic E-state index is 12.2. The first-order chi connectivity index (χ1) is 8.60. The van der Waals surface area contributed by atoms with E-state index in [1.54, 1.807) is 6.92 Å². The summed E-state index contributed by atoms with van der Waals surface area (Å²) in [7, 11) is 0. The Labute approximate surface area is 122 Å². The number of thiophene rings is 1. The van der Waals surface area contributed by atoms with Crippen molar-refractivity contribution in [2.45, 2.75) is 28.8 Å². The number of hydrogen-bond donors (Lipinski definition) is 0. The van der Waals surface area contributed by atoms with Gasteiger partial charge in [0.25, 0.3) is 0 Å². The fourth-order valence-electron chi connectivity index (χ4n) is 1.99. The van der Waals surface area contributed by atoms with E-state index in [4.69, 9.17) is 4.74 Å². The Balaban J connectivity index is 2.49. The molecule has 1 aliphatic carbocycles. The third-order valence-corrected chi connectivity index (χ3v) is 6.00. The normalized spacial score (nSPS) is 18.6. The van der Waals surface area contributed by atoms with Crippen LogP contribution in [0.15, 0.2) is 4.21 Å². The second-order valence-electron chi connectivity index (χ2n) is 3.87. The number of rotatable bonds is 3.